The minimum absolute atomic E-state index is 0.285. The molecule has 3 N–H and O–H groups in total. The molecule has 0 aliphatic heterocycles. The molecule has 2 aliphatic carbocycles. The van der Waals surface area contributed by atoms with E-state index in [0.29, 0.717) is 17.9 Å². The van der Waals surface area contributed by atoms with Crippen molar-refractivity contribution in [3.8, 4) is 0 Å². The smallest absolute Gasteiger partial charge is 0.220 e. The highest BCUT2D eigenvalue weighted by Gasteiger charge is 2.23. The maximum absolute atomic E-state index is 11.9. The molecule has 2 fully saturated rings. The summed E-state index contributed by atoms with van der Waals surface area (Å²) in [7, 11) is 0. The molecule has 0 aromatic rings. The van der Waals surface area contributed by atoms with Crippen molar-refractivity contribution in [2.75, 3.05) is 6.54 Å². The first-order valence-corrected chi connectivity index (χ1v) is 7.27. The van der Waals surface area contributed by atoms with Crippen LogP contribution in [-0.4, -0.2) is 18.5 Å². The van der Waals surface area contributed by atoms with E-state index in [1.807, 2.05) is 0 Å². The summed E-state index contributed by atoms with van der Waals surface area (Å²) in [4.78, 5) is 11.9. The Morgan fingerprint density at radius 2 is 1.65 bits per heavy atom. The molecular formula is C14H26N2O. The SMILES string of the molecule is NCC1CCC(NC(=O)CC2CCCC2)CC1. The first-order chi connectivity index (χ1) is 8.28. The van der Waals surface area contributed by atoms with E-state index in [1.165, 1.54) is 38.5 Å². The van der Waals surface area contributed by atoms with Crippen molar-refractivity contribution in [2.45, 2.75) is 63.8 Å². The zero-order chi connectivity index (χ0) is 12.1. The Kier molecular flexibility index (Phi) is 4.84. The third kappa shape index (κ3) is 3.98. The second-order valence-electron chi connectivity index (χ2n) is 5.88. The van der Waals surface area contributed by atoms with Crippen LogP contribution in [0.15, 0.2) is 0 Å². The number of rotatable bonds is 4. The summed E-state index contributed by atoms with van der Waals surface area (Å²) in [6.45, 7) is 0.808. The molecule has 0 saturated heterocycles. The molecule has 1 amide bonds. The van der Waals surface area contributed by atoms with Crippen LogP contribution in [0.1, 0.15) is 57.8 Å². The monoisotopic (exact) mass is 238 g/mol. The molecule has 0 bridgehead atoms. The molecule has 0 spiro atoms. The lowest BCUT2D eigenvalue weighted by molar-refractivity contribution is -0.122. The molecular weight excluding hydrogens is 212 g/mol. The van der Waals surface area contributed by atoms with Crippen molar-refractivity contribution < 1.29 is 4.79 Å². The highest BCUT2D eigenvalue weighted by Crippen LogP contribution is 2.28. The maximum Gasteiger partial charge on any atom is 0.220 e. The van der Waals surface area contributed by atoms with Gasteiger partial charge < -0.3 is 11.1 Å². The molecule has 17 heavy (non-hydrogen) atoms. The first-order valence-electron chi connectivity index (χ1n) is 7.27. The lowest BCUT2D eigenvalue weighted by Crippen LogP contribution is -2.39. The van der Waals surface area contributed by atoms with Crippen molar-refractivity contribution in [3.05, 3.63) is 0 Å². The number of hydrogen-bond acceptors (Lipinski definition) is 2. The average molecular weight is 238 g/mol. The van der Waals surface area contributed by atoms with Gasteiger partial charge in [0, 0.05) is 12.5 Å². The van der Waals surface area contributed by atoms with Gasteiger partial charge in [0.05, 0.1) is 0 Å². The number of nitrogens with one attached hydrogen (secondary N) is 1. The fourth-order valence-electron chi connectivity index (χ4n) is 3.31. The molecule has 2 rings (SSSR count). The van der Waals surface area contributed by atoms with E-state index in [-0.39, 0.29) is 5.91 Å². The van der Waals surface area contributed by atoms with E-state index in [2.05, 4.69) is 5.32 Å². The molecule has 3 heteroatoms. The predicted octanol–water partition coefficient (Wildman–Crippen LogP) is 2.20. The van der Waals surface area contributed by atoms with Crippen LogP contribution < -0.4 is 11.1 Å². The molecule has 0 unspecified atom stereocenters. The van der Waals surface area contributed by atoms with Crippen LogP contribution in [0.25, 0.3) is 0 Å². The topological polar surface area (TPSA) is 55.1 Å². The highest BCUT2D eigenvalue weighted by atomic mass is 16.1. The van der Waals surface area contributed by atoms with Gasteiger partial charge in [-0.05, 0) is 56.9 Å². The van der Waals surface area contributed by atoms with E-state index in [1.54, 1.807) is 0 Å². The van der Waals surface area contributed by atoms with Gasteiger partial charge in [0.15, 0.2) is 0 Å². The Morgan fingerprint density at radius 3 is 2.24 bits per heavy atom. The van der Waals surface area contributed by atoms with E-state index in [4.69, 9.17) is 5.73 Å². The summed E-state index contributed by atoms with van der Waals surface area (Å²) in [5.74, 6) is 1.64. The molecule has 0 heterocycles. The Labute approximate surface area is 105 Å². The van der Waals surface area contributed by atoms with E-state index < -0.39 is 0 Å². The molecule has 0 radical (unpaired) electrons. The molecule has 98 valence electrons. The highest BCUT2D eigenvalue weighted by molar-refractivity contribution is 5.76. The van der Waals surface area contributed by atoms with Gasteiger partial charge in [0.2, 0.25) is 5.91 Å². The molecule has 2 aliphatic rings. The summed E-state index contributed by atoms with van der Waals surface area (Å²) < 4.78 is 0. The minimum Gasteiger partial charge on any atom is -0.353 e. The van der Waals surface area contributed by atoms with E-state index in [9.17, 15) is 4.79 Å². The van der Waals surface area contributed by atoms with Crippen LogP contribution in [0, 0.1) is 11.8 Å². The summed E-state index contributed by atoms with van der Waals surface area (Å²) in [6.07, 6.45) is 10.5. The molecule has 0 aromatic heterocycles. The van der Waals surface area contributed by atoms with Crippen LogP contribution in [0.3, 0.4) is 0 Å². The Morgan fingerprint density at radius 1 is 1.00 bits per heavy atom. The molecule has 0 aromatic carbocycles. The lowest BCUT2D eigenvalue weighted by Gasteiger charge is -2.28. The Balaban J connectivity index is 1.65. The summed E-state index contributed by atoms with van der Waals surface area (Å²) in [5, 5.41) is 3.21. The number of hydrogen-bond donors (Lipinski definition) is 2. The lowest BCUT2D eigenvalue weighted by atomic mass is 9.86. The Bertz CT molecular complexity index is 241. The van der Waals surface area contributed by atoms with Gasteiger partial charge in [-0.1, -0.05) is 12.8 Å². The molecule has 0 atom stereocenters. The van der Waals surface area contributed by atoms with Crippen molar-refractivity contribution >= 4 is 5.91 Å². The van der Waals surface area contributed by atoms with Crippen LogP contribution in [0.2, 0.25) is 0 Å². The summed E-state index contributed by atoms with van der Waals surface area (Å²) in [6, 6.07) is 0.423. The van der Waals surface area contributed by atoms with Crippen LogP contribution in [0.5, 0.6) is 0 Å². The normalized spacial score (nSPS) is 30.4. The second kappa shape index (κ2) is 6.39. The quantitative estimate of drug-likeness (QED) is 0.789. The standard InChI is InChI=1S/C14H26N2O/c15-10-12-5-7-13(8-6-12)16-14(17)9-11-3-1-2-4-11/h11-13H,1-10,15H2,(H,16,17). The first kappa shape index (κ1) is 12.9. The predicted molar refractivity (Wildman–Crippen MR) is 69.5 cm³/mol. The minimum atomic E-state index is 0.285. The van der Waals surface area contributed by atoms with Gasteiger partial charge in [-0.3, -0.25) is 4.79 Å². The number of carbonyl (C=O) groups is 1. The van der Waals surface area contributed by atoms with Gasteiger partial charge in [0.1, 0.15) is 0 Å². The zero-order valence-electron chi connectivity index (χ0n) is 10.8. The largest absolute Gasteiger partial charge is 0.353 e. The van der Waals surface area contributed by atoms with Crippen molar-refractivity contribution in [2.24, 2.45) is 17.6 Å². The Hall–Kier alpha value is -0.570. The van der Waals surface area contributed by atoms with Crippen molar-refractivity contribution in [3.63, 3.8) is 0 Å². The third-order valence-electron chi connectivity index (χ3n) is 4.49. The van der Waals surface area contributed by atoms with Gasteiger partial charge >= 0.3 is 0 Å². The summed E-state index contributed by atoms with van der Waals surface area (Å²) >= 11 is 0. The fraction of sp³-hybridized carbons (Fsp3) is 0.929. The van der Waals surface area contributed by atoms with Crippen LogP contribution in [-0.2, 0) is 4.79 Å². The maximum atomic E-state index is 11.9. The fourth-order valence-corrected chi connectivity index (χ4v) is 3.31. The number of amides is 1. The summed E-state index contributed by atoms with van der Waals surface area (Å²) in [5.41, 5.74) is 5.67. The van der Waals surface area contributed by atoms with Crippen molar-refractivity contribution in [1.29, 1.82) is 0 Å². The van der Waals surface area contributed by atoms with Gasteiger partial charge in [-0.2, -0.15) is 0 Å². The molecule has 3 nitrogen and oxygen atoms in total. The van der Waals surface area contributed by atoms with Crippen LogP contribution in [0.4, 0.5) is 0 Å². The van der Waals surface area contributed by atoms with Crippen LogP contribution >= 0.6 is 0 Å². The van der Waals surface area contributed by atoms with Gasteiger partial charge in [-0.15, -0.1) is 0 Å². The van der Waals surface area contributed by atoms with Gasteiger partial charge in [-0.25, -0.2) is 0 Å². The van der Waals surface area contributed by atoms with E-state index in [0.717, 1.165) is 25.8 Å². The number of carbonyl (C=O) groups excluding carboxylic acids is 1. The molecule has 2 saturated carbocycles. The number of nitrogens with two attached hydrogens (primary N) is 1. The van der Waals surface area contributed by atoms with Crippen molar-refractivity contribution in [1.82, 2.24) is 5.32 Å². The second-order valence-corrected chi connectivity index (χ2v) is 5.88. The third-order valence-corrected chi connectivity index (χ3v) is 4.49. The van der Waals surface area contributed by atoms with Gasteiger partial charge in [0.25, 0.3) is 0 Å². The average Bonchev–Trinajstić information content (AvgIpc) is 2.82. The zero-order valence-corrected chi connectivity index (χ0v) is 10.8. The van der Waals surface area contributed by atoms with E-state index >= 15 is 0 Å².